The zero-order valence-corrected chi connectivity index (χ0v) is 24.4. The minimum absolute atomic E-state index is 0.00239. The lowest BCUT2D eigenvalue weighted by Crippen LogP contribution is -2.39. The summed E-state index contributed by atoms with van der Waals surface area (Å²) >= 11 is 3.66. The Labute approximate surface area is 242 Å². The van der Waals surface area contributed by atoms with Gasteiger partial charge in [0.1, 0.15) is 6.61 Å². The highest BCUT2D eigenvalue weighted by molar-refractivity contribution is 9.10. The molecular formula is C31H33BrN2O6. The first kappa shape index (κ1) is 28.1. The minimum atomic E-state index is -0.444. The van der Waals surface area contributed by atoms with E-state index in [4.69, 9.17) is 9.47 Å². The molecule has 1 aliphatic heterocycles. The van der Waals surface area contributed by atoms with Gasteiger partial charge in [-0.25, -0.2) is 0 Å². The van der Waals surface area contributed by atoms with Crippen molar-refractivity contribution in [2.75, 3.05) is 13.2 Å². The second-order valence-corrected chi connectivity index (χ2v) is 11.2. The van der Waals surface area contributed by atoms with Gasteiger partial charge in [-0.15, -0.1) is 0 Å². The maximum Gasteiger partial charge on any atom is 0.269 e. The molecule has 0 amide bonds. The number of rotatable bonds is 9. The van der Waals surface area contributed by atoms with Gasteiger partial charge in [-0.3, -0.25) is 19.7 Å². The third-order valence-corrected chi connectivity index (χ3v) is 8.29. The summed E-state index contributed by atoms with van der Waals surface area (Å²) in [5.74, 6) is 0.729. The summed E-state index contributed by atoms with van der Waals surface area (Å²) < 4.78 is 12.8. The maximum absolute atomic E-state index is 13.5. The number of hydrogen-bond donors (Lipinski definition) is 0. The Morgan fingerprint density at radius 1 is 0.975 bits per heavy atom. The Balaban J connectivity index is 1.58. The van der Waals surface area contributed by atoms with Gasteiger partial charge >= 0.3 is 0 Å². The van der Waals surface area contributed by atoms with Crippen LogP contribution < -0.4 is 9.47 Å². The fraction of sp³-hybridized carbons (Fsp3) is 0.419. The molecule has 8 nitrogen and oxygen atoms in total. The number of benzene rings is 2. The van der Waals surface area contributed by atoms with E-state index in [1.807, 2.05) is 19.1 Å². The molecule has 210 valence electrons. The van der Waals surface area contributed by atoms with Crippen LogP contribution in [-0.4, -0.2) is 34.5 Å². The number of Topliss-reactive ketones (excluding diaryl/α,β-unsaturated/α-hetero) is 2. The minimum Gasteiger partial charge on any atom is -0.490 e. The van der Waals surface area contributed by atoms with Gasteiger partial charge in [0.2, 0.25) is 0 Å². The average Bonchev–Trinajstić information content (AvgIpc) is 2.93. The molecule has 2 aromatic carbocycles. The van der Waals surface area contributed by atoms with Crippen molar-refractivity contribution in [1.29, 1.82) is 0 Å². The van der Waals surface area contributed by atoms with Crippen molar-refractivity contribution in [3.8, 4) is 11.5 Å². The van der Waals surface area contributed by atoms with Crippen molar-refractivity contribution in [3.05, 3.63) is 84.7 Å². The van der Waals surface area contributed by atoms with E-state index >= 15 is 0 Å². The zero-order chi connectivity index (χ0) is 28.4. The summed E-state index contributed by atoms with van der Waals surface area (Å²) in [4.78, 5) is 40.0. The largest absolute Gasteiger partial charge is 0.490 e. The van der Waals surface area contributed by atoms with Crippen LogP contribution in [0.4, 0.5) is 5.69 Å². The molecule has 0 fully saturated rings. The molecule has 40 heavy (non-hydrogen) atoms. The Bertz CT molecular complexity index is 1380. The quantitative estimate of drug-likeness (QED) is 0.220. The van der Waals surface area contributed by atoms with Crippen molar-refractivity contribution < 1.29 is 24.0 Å². The van der Waals surface area contributed by atoms with Crippen LogP contribution in [0.1, 0.15) is 75.8 Å². The van der Waals surface area contributed by atoms with Crippen LogP contribution in [0.3, 0.4) is 0 Å². The first-order chi connectivity index (χ1) is 19.3. The molecule has 0 aromatic heterocycles. The van der Waals surface area contributed by atoms with Crippen molar-refractivity contribution >= 4 is 33.2 Å². The number of allylic oxidation sites excluding steroid dienone is 4. The topological polar surface area (TPSA) is 99.0 Å². The van der Waals surface area contributed by atoms with E-state index in [0.717, 1.165) is 66.8 Å². The Kier molecular flexibility index (Phi) is 8.40. The average molecular weight is 610 g/mol. The molecule has 5 rings (SSSR count). The number of ether oxygens (including phenoxy) is 2. The lowest BCUT2D eigenvalue weighted by Gasteiger charge is -2.44. The molecule has 0 spiro atoms. The van der Waals surface area contributed by atoms with Gasteiger partial charge in [-0.05, 0) is 78.2 Å². The molecule has 0 N–H and O–H groups in total. The number of nitro groups is 1. The molecule has 0 saturated heterocycles. The molecule has 9 heteroatoms. The van der Waals surface area contributed by atoms with Gasteiger partial charge in [0, 0.05) is 60.0 Å². The Morgan fingerprint density at radius 2 is 1.65 bits per heavy atom. The molecule has 0 radical (unpaired) electrons. The predicted octanol–water partition coefficient (Wildman–Crippen LogP) is 7.16. The van der Waals surface area contributed by atoms with E-state index in [1.54, 1.807) is 12.1 Å². The molecule has 0 bridgehead atoms. The Hall–Kier alpha value is -3.46. The summed E-state index contributed by atoms with van der Waals surface area (Å²) in [6, 6.07) is 10.1. The number of halogens is 1. The van der Waals surface area contributed by atoms with Crippen molar-refractivity contribution in [2.24, 2.45) is 0 Å². The smallest absolute Gasteiger partial charge is 0.269 e. The normalized spacial score (nSPS) is 17.6. The fourth-order valence-electron chi connectivity index (χ4n) is 6.12. The monoisotopic (exact) mass is 608 g/mol. The number of hydrogen-bond acceptors (Lipinski definition) is 7. The molecular weight excluding hydrogens is 576 g/mol. The summed E-state index contributed by atoms with van der Waals surface area (Å²) in [5, 5.41) is 11.2. The standard InChI is InChI=1S/C31H33BrN2O6/c1-3-14-33-23-10-6-12-25(35)29(23)28(30-24(33)11-7-13-26(30)36)20-16-22(32)31(27(17-20)39-4-2)40-18-19-8-5-9-21(15-19)34(37)38/h5,8-9,15-17,28H,3-4,6-7,10-14,18H2,1-2H3. The van der Waals surface area contributed by atoms with Gasteiger partial charge in [0.05, 0.1) is 16.0 Å². The first-order valence-corrected chi connectivity index (χ1v) is 14.8. The van der Waals surface area contributed by atoms with Crippen LogP contribution in [0.15, 0.2) is 63.4 Å². The van der Waals surface area contributed by atoms with E-state index in [0.29, 0.717) is 41.0 Å². The van der Waals surface area contributed by atoms with Crippen molar-refractivity contribution in [1.82, 2.24) is 4.90 Å². The van der Waals surface area contributed by atoms with Crippen LogP contribution in [-0.2, 0) is 16.2 Å². The SMILES string of the molecule is CCCN1C2=C(C(=O)CCC2)C(c2cc(Br)c(OCc3cccc([N+](=O)[O-])c3)c(OCC)c2)C2=C1CCCC2=O. The van der Waals surface area contributed by atoms with Crippen LogP contribution in [0, 0.1) is 10.1 Å². The van der Waals surface area contributed by atoms with E-state index < -0.39 is 10.8 Å². The molecule has 0 saturated carbocycles. The second kappa shape index (κ2) is 12.0. The number of non-ortho nitro benzene ring substituents is 1. The first-order valence-electron chi connectivity index (χ1n) is 14.0. The van der Waals surface area contributed by atoms with Crippen molar-refractivity contribution in [2.45, 2.75) is 71.3 Å². The summed E-state index contributed by atoms with van der Waals surface area (Å²) in [5.41, 5.74) is 5.09. The number of carbonyl (C=O) groups is 2. The van der Waals surface area contributed by atoms with Gasteiger partial charge in [-0.1, -0.05) is 19.1 Å². The van der Waals surface area contributed by atoms with E-state index in [-0.39, 0.29) is 23.9 Å². The number of carbonyl (C=O) groups excluding carboxylic acids is 2. The molecule has 0 unspecified atom stereocenters. The fourth-order valence-corrected chi connectivity index (χ4v) is 6.69. The summed E-state index contributed by atoms with van der Waals surface area (Å²) in [6.45, 7) is 5.29. The van der Waals surface area contributed by atoms with Gasteiger partial charge < -0.3 is 14.4 Å². The zero-order valence-electron chi connectivity index (χ0n) is 22.8. The number of ketones is 2. The lowest BCUT2D eigenvalue weighted by atomic mass is 9.71. The van der Waals surface area contributed by atoms with E-state index in [2.05, 4.69) is 27.8 Å². The van der Waals surface area contributed by atoms with Crippen LogP contribution in [0.5, 0.6) is 11.5 Å². The highest BCUT2D eigenvalue weighted by atomic mass is 79.9. The van der Waals surface area contributed by atoms with Gasteiger partial charge in [0.15, 0.2) is 23.1 Å². The second-order valence-electron chi connectivity index (χ2n) is 10.3. The number of nitro benzene ring substituents is 1. The van der Waals surface area contributed by atoms with Crippen LogP contribution in [0.25, 0.3) is 0 Å². The third-order valence-electron chi connectivity index (χ3n) is 7.70. The third kappa shape index (κ3) is 5.31. The maximum atomic E-state index is 13.5. The number of nitrogens with zero attached hydrogens (tertiary/aromatic N) is 2. The van der Waals surface area contributed by atoms with E-state index in [9.17, 15) is 19.7 Å². The lowest BCUT2D eigenvalue weighted by molar-refractivity contribution is -0.384. The Morgan fingerprint density at radius 3 is 2.25 bits per heavy atom. The highest BCUT2D eigenvalue weighted by Gasteiger charge is 2.43. The summed E-state index contributed by atoms with van der Waals surface area (Å²) in [7, 11) is 0. The highest BCUT2D eigenvalue weighted by Crippen LogP contribution is 2.51. The molecule has 2 aliphatic carbocycles. The van der Waals surface area contributed by atoms with E-state index in [1.165, 1.54) is 12.1 Å². The van der Waals surface area contributed by atoms with Gasteiger partial charge in [0.25, 0.3) is 5.69 Å². The molecule has 1 heterocycles. The summed E-state index contributed by atoms with van der Waals surface area (Å²) in [6.07, 6.45) is 5.18. The van der Waals surface area contributed by atoms with Crippen LogP contribution in [0.2, 0.25) is 0 Å². The van der Waals surface area contributed by atoms with Gasteiger partial charge in [-0.2, -0.15) is 0 Å². The molecule has 2 aromatic rings. The predicted molar refractivity (Wildman–Crippen MR) is 154 cm³/mol. The van der Waals surface area contributed by atoms with Crippen molar-refractivity contribution in [3.63, 3.8) is 0 Å². The molecule has 0 atom stereocenters. The van der Waals surface area contributed by atoms with Crippen LogP contribution >= 0.6 is 15.9 Å². The molecule has 3 aliphatic rings.